The molecule has 0 aliphatic heterocycles. The number of rotatable bonds is 11. The number of nitrogen functional groups attached to an aromatic ring is 4. The summed E-state index contributed by atoms with van der Waals surface area (Å²) in [6, 6.07) is 45.7. The molecule has 7 rings (SSSR count). The fourth-order valence-electron chi connectivity index (χ4n) is 5.50. The van der Waals surface area contributed by atoms with Crippen molar-refractivity contribution in [2.24, 2.45) is 0 Å². The van der Waals surface area contributed by atoms with Crippen LogP contribution in [0.1, 0.15) is 0 Å². The molecule has 0 aliphatic rings. The molecule has 0 saturated heterocycles. The van der Waals surface area contributed by atoms with E-state index in [-0.39, 0.29) is 11.9 Å². The number of hydrogen-bond donors (Lipinski definition) is 8. The minimum absolute atomic E-state index is 0.289. The van der Waals surface area contributed by atoms with Crippen LogP contribution in [0.3, 0.4) is 0 Å². The summed E-state index contributed by atoms with van der Waals surface area (Å²) in [5, 5.41) is 13.8. The molecule has 1 aromatic heterocycles. The summed E-state index contributed by atoms with van der Waals surface area (Å²) in [5.41, 5.74) is 33.1. The zero-order valence-electron chi connectivity index (χ0n) is 27.5. The molecule has 0 saturated carbocycles. The molecule has 51 heavy (non-hydrogen) atoms. The maximum absolute atomic E-state index is 6.21. The Balaban J connectivity index is 1.42. The lowest BCUT2D eigenvalue weighted by atomic mass is 10.1. The van der Waals surface area contributed by atoms with Crippen molar-refractivity contribution in [3.05, 3.63) is 146 Å². The van der Waals surface area contributed by atoms with Crippen molar-refractivity contribution in [2.75, 3.05) is 49.1 Å². The minimum atomic E-state index is 0.289. The van der Waals surface area contributed by atoms with Gasteiger partial charge in [0.1, 0.15) is 0 Å². The number of benzene rings is 6. The van der Waals surface area contributed by atoms with Crippen LogP contribution in [0.5, 0.6) is 0 Å². The SMILES string of the molecule is Nc1cccc(Nc2nc(Nc3cccc(N)c3)nc(N(c3ccccc3)c3cccc(Nc4cccc(N)c4)c3Nc3cccc(N)c3)n2)c1. The van der Waals surface area contributed by atoms with Crippen LogP contribution in [0.15, 0.2) is 146 Å². The third-order valence-electron chi connectivity index (χ3n) is 7.73. The summed E-state index contributed by atoms with van der Waals surface area (Å²) in [4.78, 5) is 16.6. The maximum atomic E-state index is 6.21. The predicted octanol–water partition coefficient (Wildman–Crippen LogP) is 8.64. The highest BCUT2D eigenvalue weighted by Gasteiger charge is 2.23. The largest absolute Gasteiger partial charge is 0.399 e. The number of nitrogens with one attached hydrogen (secondary N) is 4. The Hall–Kier alpha value is -7.47. The Morgan fingerprint density at radius 2 is 0.863 bits per heavy atom. The Morgan fingerprint density at radius 3 is 1.35 bits per heavy atom. The smallest absolute Gasteiger partial charge is 0.241 e. The van der Waals surface area contributed by atoms with Crippen LogP contribution in [0, 0.1) is 0 Å². The van der Waals surface area contributed by atoms with E-state index >= 15 is 0 Å². The topological polar surface area (TPSA) is 194 Å². The monoisotopic (exact) mass is 672 g/mol. The molecule has 0 unspecified atom stereocenters. The van der Waals surface area contributed by atoms with Gasteiger partial charge >= 0.3 is 0 Å². The van der Waals surface area contributed by atoms with Crippen LogP contribution in [0.25, 0.3) is 0 Å². The molecule has 0 aliphatic carbocycles. The molecule has 12 nitrogen and oxygen atoms in total. The standard InChI is InChI=1S/C39H36N12/c40-25-9-4-13-29(21-25)44-34-19-8-20-35(36(34)45-30-14-5-10-26(41)22-30)51(33-17-2-1-3-18-33)39-49-37(46-31-15-6-11-27(42)23-31)48-38(50-39)47-32-16-7-12-28(43)24-32/h1-24,44-45H,40-43H2,(H2,46,47,48,49,50). The van der Waals surface area contributed by atoms with Crippen molar-refractivity contribution in [1.82, 2.24) is 15.0 Å². The van der Waals surface area contributed by atoms with Gasteiger partial charge in [0.05, 0.1) is 17.1 Å². The Kier molecular flexibility index (Phi) is 9.02. The minimum Gasteiger partial charge on any atom is -0.399 e. The second kappa shape index (κ2) is 14.3. The molecule has 0 fully saturated rings. The summed E-state index contributed by atoms with van der Waals surface area (Å²) < 4.78 is 0. The Bertz CT molecular complexity index is 2230. The summed E-state index contributed by atoms with van der Waals surface area (Å²) >= 11 is 0. The van der Waals surface area contributed by atoms with Crippen LogP contribution >= 0.6 is 0 Å². The zero-order chi connectivity index (χ0) is 35.2. The molecule has 0 bridgehead atoms. The first-order chi connectivity index (χ1) is 24.9. The lowest BCUT2D eigenvalue weighted by Gasteiger charge is -2.28. The number of para-hydroxylation sites is 2. The quantitative estimate of drug-likeness (QED) is 0.0610. The molecular formula is C39H36N12. The molecule has 0 amide bonds. The van der Waals surface area contributed by atoms with Crippen molar-refractivity contribution in [1.29, 1.82) is 0 Å². The highest BCUT2D eigenvalue weighted by molar-refractivity contribution is 5.94. The van der Waals surface area contributed by atoms with Gasteiger partial charge in [0.25, 0.3) is 0 Å². The molecule has 12 heteroatoms. The van der Waals surface area contributed by atoms with E-state index in [1.54, 1.807) is 0 Å². The third-order valence-corrected chi connectivity index (χ3v) is 7.73. The number of nitrogens with two attached hydrogens (primary N) is 4. The lowest BCUT2D eigenvalue weighted by molar-refractivity contribution is 1.02. The molecule has 1 heterocycles. The molecule has 7 aromatic rings. The van der Waals surface area contributed by atoms with Gasteiger partial charge in [0.2, 0.25) is 17.8 Å². The van der Waals surface area contributed by atoms with Crippen molar-refractivity contribution < 1.29 is 0 Å². The van der Waals surface area contributed by atoms with Crippen LogP contribution in [0.4, 0.5) is 86.1 Å². The van der Waals surface area contributed by atoms with Gasteiger partial charge < -0.3 is 44.2 Å². The molecule has 0 atom stereocenters. The van der Waals surface area contributed by atoms with E-state index in [0.717, 1.165) is 34.1 Å². The fraction of sp³-hybridized carbons (Fsp3) is 0. The van der Waals surface area contributed by atoms with E-state index in [1.165, 1.54) is 0 Å². The molecule has 12 N–H and O–H groups in total. The highest BCUT2D eigenvalue weighted by Crippen LogP contribution is 2.44. The second-order valence-corrected chi connectivity index (χ2v) is 11.7. The number of hydrogen-bond acceptors (Lipinski definition) is 12. The predicted molar refractivity (Wildman–Crippen MR) is 211 cm³/mol. The number of anilines is 15. The fourth-order valence-corrected chi connectivity index (χ4v) is 5.50. The average Bonchev–Trinajstić information content (AvgIpc) is 3.10. The summed E-state index contributed by atoms with van der Waals surface area (Å²) in [6.07, 6.45) is 0. The van der Waals surface area contributed by atoms with Gasteiger partial charge in [-0.1, -0.05) is 48.5 Å². The van der Waals surface area contributed by atoms with Crippen molar-refractivity contribution in [3.63, 3.8) is 0 Å². The molecule has 0 spiro atoms. The van der Waals surface area contributed by atoms with E-state index in [9.17, 15) is 0 Å². The molecule has 252 valence electrons. The maximum Gasteiger partial charge on any atom is 0.241 e. The Morgan fingerprint density at radius 1 is 0.412 bits per heavy atom. The van der Waals surface area contributed by atoms with Gasteiger partial charge in [0, 0.05) is 51.2 Å². The van der Waals surface area contributed by atoms with E-state index < -0.39 is 0 Å². The number of aromatic nitrogens is 3. The second-order valence-electron chi connectivity index (χ2n) is 11.7. The molecular weight excluding hydrogens is 637 g/mol. The van der Waals surface area contributed by atoms with Crippen LogP contribution in [-0.2, 0) is 0 Å². The first kappa shape index (κ1) is 32.1. The highest BCUT2D eigenvalue weighted by atomic mass is 15.3. The van der Waals surface area contributed by atoms with Gasteiger partial charge in [0.15, 0.2) is 0 Å². The molecule has 6 aromatic carbocycles. The van der Waals surface area contributed by atoms with Gasteiger partial charge in [-0.2, -0.15) is 15.0 Å². The van der Waals surface area contributed by atoms with Crippen molar-refractivity contribution >= 4 is 86.1 Å². The first-order valence-electron chi connectivity index (χ1n) is 16.1. The van der Waals surface area contributed by atoms with E-state index in [1.807, 2.05) is 150 Å². The summed E-state index contributed by atoms with van der Waals surface area (Å²) in [7, 11) is 0. The molecule has 0 radical (unpaired) electrons. The van der Waals surface area contributed by atoms with Gasteiger partial charge in [-0.05, 0) is 97.1 Å². The van der Waals surface area contributed by atoms with Gasteiger partial charge in [-0.15, -0.1) is 0 Å². The van der Waals surface area contributed by atoms with Crippen molar-refractivity contribution in [2.45, 2.75) is 0 Å². The first-order valence-corrected chi connectivity index (χ1v) is 16.1. The van der Waals surface area contributed by atoms with E-state index in [2.05, 4.69) is 21.3 Å². The van der Waals surface area contributed by atoms with E-state index in [4.69, 9.17) is 37.9 Å². The van der Waals surface area contributed by atoms with Gasteiger partial charge in [-0.3, -0.25) is 4.90 Å². The van der Waals surface area contributed by atoms with Crippen LogP contribution in [0.2, 0.25) is 0 Å². The van der Waals surface area contributed by atoms with E-state index in [0.29, 0.717) is 40.1 Å². The third kappa shape index (κ3) is 7.82. The van der Waals surface area contributed by atoms with Crippen LogP contribution < -0.4 is 49.1 Å². The van der Waals surface area contributed by atoms with Crippen LogP contribution in [-0.4, -0.2) is 15.0 Å². The lowest BCUT2D eigenvalue weighted by Crippen LogP contribution is -2.17. The normalized spacial score (nSPS) is 10.7. The zero-order valence-corrected chi connectivity index (χ0v) is 27.5. The van der Waals surface area contributed by atoms with Gasteiger partial charge in [-0.25, -0.2) is 0 Å². The average molecular weight is 673 g/mol. The Labute approximate surface area is 295 Å². The number of nitrogens with zero attached hydrogens (tertiary/aromatic N) is 4. The van der Waals surface area contributed by atoms with Crippen molar-refractivity contribution in [3.8, 4) is 0 Å². The summed E-state index contributed by atoms with van der Waals surface area (Å²) in [6.45, 7) is 0. The summed E-state index contributed by atoms with van der Waals surface area (Å²) in [5.74, 6) is 0.903.